The maximum Gasteiger partial charge on any atom is 0.325 e. The Balaban J connectivity index is 1.49. The summed E-state index contributed by atoms with van der Waals surface area (Å²) < 4.78 is 10.6. The minimum atomic E-state index is -1.33. The van der Waals surface area contributed by atoms with Crippen molar-refractivity contribution in [2.75, 3.05) is 18.7 Å². The zero-order valence-corrected chi connectivity index (χ0v) is 15.4. The Morgan fingerprint density at radius 2 is 1.93 bits per heavy atom. The van der Waals surface area contributed by atoms with Crippen LogP contribution in [0.2, 0.25) is 0 Å². The number of imide groups is 1. The third kappa shape index (κ3) is 3.21. The van der Waals surface area contributed by atoms with Gasteiger partial charge >= 0.3 is 6.03 Å². The van der Waals surface area contributed by atoms with E-state index in [1.54, 1.807) is 49.4 Å². The highest BCUT2D eigenvalue weighted by molar-refractivity contribution is 6.10. The zero-order valence-electron chi connectivity index (χ0n) is 15.4. The van der Waals surface area contributed by atoms with E-state index in [-0.39, 0.29) is 6.79 Å². The fraction of sp³-hybridized carbons (Fsp3) is 0.200. The van der Waals surface area contributed by atoms with Crippen LogP contribution in [0.3, 0.4) is 0 Å². The molecule has 0 spiro atoms. The van der Waals surface area contributed by atoms with Crippen LogP contribution in [0.1, 0.15) is 18.1 Å². The van der Waals surface area contributed by atoms with Crippen LogP contribution in [-0.2, 0) is 15.1 Å². The highest BCUT2D eigenvalue weighted by Crippen LogP contribution is 2.37. The van der Waals surface area contributed by atoms with Crippen LogP contribution in [0.4, 0.5) is 10.5 Å². The fourth-order valence-electron chi connectivity index (χ4n) is 3.22. The van der Waals surface area contributed by atoms with Gasteiger partial charge in [-0.05, 0) is 48.9 Å². The second-order valence-electron chi connectivity index (χ2n) is 6.75. The van der Waals surface area contributed by atoms with E-state index in [9.17, 15) is 14.4 Å². The molecule has 29 heavy (non-hydrogen) atoms. The molecule has 9 heteroatoms. The van der Waals surface area contributed by atoms with E-state index < -0.39 is 29.9 Å². The summed E-state index contributed by atoms with van der Waals surface area (Å²) in [6.07, 6.45) is 0. The van der Waals surface area contributed by atoms with Crippen molar-refractivity contribution in [1.29, 1.82) is 5.26 Å². The van der Waals surface area contributed by atoms with E-state index in [1.807, 2.05) is 6.07 Å². The molecule has 9 nitrogen and oxygen atoms in total. The second kappa shape index (κ2) is 6.83. The van der Waals surface area contributed by atoms with Crippen LogP contribution < -0.4 is 20.1 Å². The summed E-state index contributed by atoms with van der Waals surface area (Å²) in [6.45, 7) is 1.23. The van der Waals surface area contributed by atoms with Crippen LogP contribution >= 0.6 is 0 Å². The number of rotatable bonds is 4. The Morgan fingerprint density at radius 1 is 1.21 bits per heavy atom. The molecule has 146 valence electrons. The summed E-state index contributed by atoms with van der Waals surface area (Å²) in [6, 6.07) is 12.6. The van der Waals surface area contributed by atoms with Crippen molar-refractivity contribution >= 4 is 23.5 Å². The van der Waals surface area contributed by atoms with Gasteiger partial charge < -0.3 is 20.1 Å². The second-order valence-corrected chi connectivity index (χ2v) is 6.75. The zero-order chi connectivity index (χ0) is 20.6. The first kappa shape index (κ1) is 18.3. The lowest BCUT2D eigenvalue weighted by Crippen LogP contribution is -2.42. The SMILES string of the molecule is C[C@]1(c2ccc3c(c2)OCO3)NC(=O)N(CC(=O)Nc2ccc(C#N)cc2)C1=O. The van der Waals surface area contributed by atoms with E-state index in [0.717, 1.165) is 4.90 Å². The maximum absolute atomic E-state index is 13.0. The molecule has 2 aromatic rings. The number of anilines is 1. The molecule has 0 bridgehead atoms. The lowest BCUT2D eigenvalue weighted by molar-refractivity contribution is -0.133. The first-order valence-corrected chi connectivity index (χ1v) is 8.75. The van der Waals surface area contributed by atoms with E-state index in [4.69, 9.17) is 14.7 Å². The normalized spacial score (nSPS) is 19.7. The molecule has 0 aliphatic carbocycles. The van der Waals surface area contributed by atoms with Crippen molar-refractivity contribution in [3.63, 3.8) is 0 Å². The largest absolute Gasteiger partial charge is 0.454 e. The van der Waals surface area contributed by atoms with Gasteiger partial charge in [0.25, 0.3) is 5.91 Å². The number of benzene rings is 2. The molecule has 0 unspecified atom stereocenters. The van der Waals surface area contributed by atoms with Gasteiger partial charge in [-0.3, -0.25) is 14.5 Å². The standard InChI is InChI=1S/C20H16N4O5/c1-20(13-4-7-15-16(8-13)29-11-28-15)18(26)24(19(27)23-20)10-17(25)22-14-5-2-12(9-21)3-6-14/h2-8H,10-11H2,1H3,(H,22,25)(H,23,27)/t20-/m1/s1. The number of hydrogen-bond donors (Lipinski definition) is 2. The smallest absolute Gasteiger partial charge is 0.325 e. The van der Waals surface area contributed by atoms with Gasteiger partial charge in [-0.15, -0.1) is 0 Å². The molecular weight excluding hydrogens is 376 g/mol. The van der Waals surface area contributed by atoms with E-state index in [2.05, 4.69) is 10.6 Å². The minimum absolute atomic E-state index is 0.0947. The number of nitrogens with zero attached hydrogens (tertiary/aromatic N) is 2. The molecule has 2 aliphatic heterocycles. The molecule has 2 aliphatic rings. The van der Waals surface area contributed by atoms with Gasteiger partial charge in [-0.2, -0.15) is 5.26 Å². The lowest BCUT2D eigenvalue weighted by Gasteiger charge is -2.22. The summed E-state index contributed by atoms with van der Waals surface area (Å²) in [4.78, 5) is 38.6. The molecule has 2 aromatic carbocycles. The Kier molecular flexibility index (Phi) is 4.31. The van der Waals surface area contributed by atoms with Gasteiger partial charge in [-0.25, -0.2) is 4.79 Å². The highest BCUT2D eigenvalue weighted by Gasteiger charge is 2.49. The number of carbonyl (C=O) groups is 3. The lowest BCUT2D eigenvalue weighted by atomic mass is 9.91. The third-order valence-electron chi connectivity index (χ3n) is 4.82. The Labute approximate surface area is 165 Å². The average molecular weight is 392 g/mol. The predicted molar refractivity (Wildman–Crippen MR) is 99.9 cm³/mol. The van der Waals surface area contributed by atoms with E-state index in [0.29, 0.717) is 28.3 Å². The number of hydrogen-bond acceptors (Lipinski definition) is 6. The van der Waals surface area contributed by atoms with Crippen molar-refractivity contribution in [3.05, 3.63) is 53.6 Å². The summed E-state index contributed by atoms with van der Waals surface area (Å²) in [5, 5.41) is 14.1. The van der Waals surface area contributed by atoms with Crippen LogP contribution in [0.5, 0.6) is 11.5 Å². The van der Waals surface area contributed by atoms with Crippen LogP contribution in [0.25, 0.3) is 0 Å². The number of fused-ring (bicyclic) bond motifs is 1. The number of nitrogens with one attached hydrogen (secondary N) is 2. The topological polar surface area (TPSA) is 121 Å². The molecule has 2 N–H and O–H groups in total. The molecule has 2 heterocycles. The molecule has 4 amide bonds. The van der Waals surface area contributed by atoms with Gasteiger partial charge in [0, 0.05) is 5.69 Å². The number of amides is 4. The van der Waals surface area contributed by atoms with Crippen molar-refractivity contribution < 1.29 is 23.9 Å². The first-order chi connectivity index (χ1) is 13.9. The van der Waals surface area contributed by atoms with Crippen LogP contribution in [-0.4, -0.2) is 36.1 Å². The fourth-order valence-corrected chi connectivity index (χ4v) is 3.22. The molecule has 0 aromatic heterocycles. The number of carbonyl (C=O) groups excluding carboxylic acids is 3. The molecular formula is C20H16N4O5. The Bertz CT molecular complexity index is 1060. The summed E-state index contributed by atoms with van der Waals surface area (Å²) >= 11 is 0. The highest BCUT2D eigenvalue weighted by atomic mass is 16.7. The maximum atomic E-state index is 13.0. The van der Waals surface area contributed by atoms with Gasteiger partial charge in [0.05, 0.1) is 11.6 Å². The number of nitriles is 1. The molecule has 0 saturated carbocycles. The van der Waals surface area contributed by atoms with Crippen molar-refractivity contribution in [2.24, 2.45) is 0 Å². The van der Waals surface area contributed by atoms with Crippen LogP contribution in [0.15, 0.2) is 42.5 Å². The Hall–Kier alpha value is -4.06. The average Bonchev–Trinajstić information content (AvgIpc) is 3.27. The van der Waals surface area contributed by atoms with Gasteiger partial charge in [0.2, 0.25) is 12.7 Å². The Morgan fingerprint density at radius 3 is 2.66 bits per heavy atom. The predicted octanol–water partition coefficient (Wildman–Crippen LogP) is 1.69. The minimum Gasteiger partial charge on any atom is -0.454 e. The monoisotopic (exact) mass is 392 g/mol. The van der Waals surface area contributed by atoms with Gasteiger partial charge in [0.1, 0.15) is 12.1 Å². The number of ether oxygens (including phenoxy) is 2. The van der Waals surface area contributed by atoms with Gasteiger partial charge in [0.15, 0.2) is 11.5 Å². The third-order valence-corrected chi connectivity index (χ3v) is 4.82. The van der Waals surface area contributed by atoms with Gasteiger partial charge in [-0.1, -0.05) is 6.07 Å². The molecule has 1 atom stereocenters. The summed E-state index contributed by atoms with van der Waals surface area (Å²) in [5.41, 5.74) is 0.110. The summed E-state index contributed by atoms with van der Waals surface area (Å²) in [7, 11) is 0. The van der Waals surface area contributed by atoms with E-state index >= 15 is 0 Å². The molecule has 1 saturated heterocycles. The quantitative estimate of drug-likeness (QED) is 0.764. The molecule has 0 radical (unpaired) electrons. The summed E-state index contributed by atoms with van der Waals surface area (Å²) in [5.74, 6) is -0.0277. The first-order valence-electron chi connectivity index (χ1n) is 8.75. The van der Waals surface area contributed by atoms with Crippen molar-refractivity contribution in [2.45, 2.75) is 12.5 Å². The van der Waals surface area contributed by atoms with E-state index in [1.165, 1.54) is 0 Å². The van der Waals surface area contributed by atoms with Crippen molar-refractivity contribution in [1.82, 2.24) is 10.2 Å². The number of urea groups is 1. The van der Waals surface area contributed by atoms with Crippen molar-refractivity contribution in [3.8, 4) is 17.6 Å². The molecule has 4 rings (SSSR count). The van der Waals surface area contributed by atoms with Crippen LogP contribution in [0, 0.1) is 11.3 Å². The molecule has 1 fully saturated rings.